The Morgan fingerprint density at radius 3 is 2.63 bits per heavy atom. The molecule has 0 amide bonds. The number of rotatable bonds is 6. The van der Waals surface area contributed by atoms with E-state index in [4.69, 9.17) is 0 Å². The average molecular weight is 525 g/mol. The molecule has 0 atom stereocenters. The third-order valence-electron chi connectivity index (χ3n) is 6.07. The Morgan fingerprint density at radius 1 is 1.05 bits per heavy atom. The fourth-order valence-corrected chi connectivity index (χ4v) is 4.98. The van der Waals surface area contributed by atoms with Crippen LogP contribution in [0, 0.1) is 11.3 Å². The number of fused-ring (bicyclic) bond motifs is 1. The van der Waals surface area contributed by atoms with Gasteiger partial charge in [0, 0.05) is 41.0 Å². The quantitative estimate of drug-likeness (QED) is 0.351. The Balaban J connectivity index is 1.48. The first-order valence-electron chi connectivity index (χ1n) is 12.1. The van der Waals surface area contributed by atoms with Crippen LogP contribution in [0.25, 0.3) is 11.1 Å². The van der Waals surface area contributed by atoms with Gasteiger partial charge in [-0.2, -0.15) is 14.6 Å². The van der Waals surface area contributed by atoms with Crippen LogP contribution >= 0.6 is 0 Å². The first-order chi connectivity index (χ1) is 18.3. The van der Waals surface area contributed by atoms with E-state index in [1.165, 1.54) is 28.5 Å². The number of nitriles is 1. The van der Waals surface area contributed by atoms with Crippen molar-refractivity contribution >= 4 is 38.8 Å². The molecule has 1 aliphatic rings. The van der Waals surface area contributed by atoms with Gasteiger partial charge in [-0.25, -0.2) is 14.2 Å². The van der Waals surface area contributed by atoms with Crippen LogP contribution in [-0.2, 0) is 22.7 Å². The van der Waals surface area contributed by atoms with Crippen LogP contribution in [0.15, 0.2) is 71.2 Å². The molecule has 192 valence electrons. The molecule has 10 heteroatoms. The maximum absolute atomic E-state index is 12.1. The van der Waals surface area contributed by atoms with E-state index in [2.05, 4.69) is 72.2 Å². The van der Waals surface area contributed by atoms with E-state index in [-0.39, 0.29) is 5.56 Å². The van der Waals surface area contributed by atoms with Crippen molar-refractivity contribution in [2.24, 2.45) is 4.36 Å². The molecule has 2 N–H and O–H groups in total. The van der Waals surface area contributed by atoms with Crippen molar-refractivity contribution in [2.45, 2.75) is 13.0 Å². The lowest BCUT2D eigenvalue weighted by Gasteiger charge is -2.28. The van der Waals surface area contributed by atoms with E-state index in [1.54, 1.807) is 30.7 Å². The SMILES string of the molecule is CN1CCc2c(cc(Nc3ncc(C#N)c(Nc4cccc(N=S(C)(C)=O)n4)n3)cc2-c2ccccc2)C1. The van der Waals surface area contributed by atoms with Gasteiger partial charge in [-0.05, 0) is 60.0 Å². The third-order valence-corrected chi connectivity index (χ3v) is 6.70. The minimum Gasteiger partial charge on any atom is -0.324 e. The number of pyridine rings is 1. The molecule has 0 aliphatic carbocycles. The minimum atomic E-state index is -2.36. The lowest BCUT2D eigenvalue weighted by atomic mass is 9.90. The van der Waals surface area contributed by atoms with E-state index in [1.807, 2.05) is 18.2 Å². The molecule has 9 nitrogen and oxygen atoms in total. The Hall–Kier alpha value is -4.33. The van der Waals surface area contributed by atoms with Gasteiger partial charge in [-0.1, -0.05) is 36.4 Å². The first kappa shape index (κ1) is 25.3. The summed E-state index contributed by atoms with van der Waals surface area (Å²) in [6.07, 6.45) is 5.56. The second-order valence-corrected chi connectivity index (χ2v) is 12.0. The predicted molar refractivity (Wildman–Crippen MR) is 152 cm³/mol. The summed E-state index contributed by atoms with van der Waals surface area (Å²) in [7, 11) is -0.234. The highest BCUT2D eigenvalue weighted by Crippen LogP contribution is 2.34. The fourth-order valence-electron chi connectivity index (χ4n) is 4.43. The van der Waals surface area contributed by atoms with Crippen LogP contribution in [0.2, 0.25) is 0 Å². The molecule has 3 heterocycles. The summed E-state index contributed by atoms with van der Waals surface area (Å²) in [6, 6.07) is 21.9. The molecule has 4 aromatic rings. The number of hydrogen-bond donors (Lipinski definition) is 2. The molecule has 0 radical (unpaired) electrons. The molecule has 0 saturated carbocycles. The molecule has 5 rings (SSSR count). The molecular formula is C28H28N8OS. The number of nitrogens with one attached hydrogen (secondary N) is 2. The van der Waals surface area contributed by atoms with E-state index in [0.717, 1.165) is 25.2 Å². The van der Waals surface area contributed by atoms with Crippen LogP contribution < -0.4 is 10.6 Å². The van der Waals surface area contributed by atoms with Gasteiger partial charge in [-0.3, -0.25) is 0 Å². The number of benzene rings is 2. The van der Waals surface area contributed by atoms with Gasteiger partial charge in [0.2, 0.25) is 5.95 Å². The van der Waals surface area contributed by atoms with Crippen molar-refractivity contribution in [3.8, 4) is 17.2 Å². The molecule has 2 aromatic heterocycles. The summed E-state index contributed by atoms with van der Waals surface area (Å²) in [5.74, 6) is 1.42. The number of anilines is 4. The van der Waals surface area contributed by atoms with E-state index in [0.29, 0.717) is 23.4 Å². The highest BCUT2D eigenvalue weighted by molar-refractivity contribution is 7.92. The second-order valence-electron chi connectivity index (χ2n) is 9.49. The van der Waals surface area contributed by atoms with Gasteiger partial charge in [0.25, 0.3) is 0 Å². The van der Waals surface area contributed by atoms with Gasteiger partial charge in [0.15, 0.2) is 11.6 Å². The lowest BCUT2D eigenvalue weighted by molar-refractivity contribution is 0.313. The van der Waals surface area contributed by atoms with Crippen LogP contribution in [-0.4, -0.2) is 50.2 Å². The molecular weight excluding hydrogens is 496 g/mol. The number of hydrogen-bond acceptors (Lipinski definition) is 9. The number of likely N-dealkylation sites (N-methyl/N-ethyl adjacent to an activating group) is 1. The average Bonchev–Trinajstić information content (AvgIpc) is 2.88. The van der Waals surface area contributed by atoms with Crippen molar-refractivity contribution in [3.63, 3.8) is 0 Å². The lowest BCUT2D eigenvalue weighted by Crippen LogP contribution is -2.27. The highest BCUT2D eigenvalue weighted by Gasteiger charge is 2.19. The number of nitrogens with zero attached hydrogens (tertiary/aromatic N) is 6. The van der Waals surface area contributed by atoms with Gasteiger partial charge < -0.3 is 15.5 Å². The van der Waals surface area contributed by atoms with Crippen LogP contribution in [0.3, 0.4) is 0 Å². The van der Waals surface area contributed by atoms with Crippen LogP contribution in [0.5, 0.6) is 0 Å². The standard InChI is InChI=1S/C28H28N8OS/c1-36-13-12-23-20(18-36)14-22(15-24(23)19-8-5-4-6-9-19)31-28-30-17-21(16-29)27(34-28)33-25-10-7-11-26(32-25)35-38(2,3)37/h4-11,14-15,17H,12-13,18H2,1-3H3,(H2,30,31,32,33,34). The van der Waals surface area contributed by atoms with Crippen molar-refractivity contribution in [1.29, 1.82) is 5.26 Å². The highest BCUT2D eigenvalue weighted by atomic mass is 32.2. The zero-order chi connectivity index (χ0) is 26.7. The zero-order valence-corrected chi connectivity index (χ0v) is 22.3. The third kappa shape index (κ3) is 5.96. The smallest absolute Gasteiger partial charge is 0.229 e. The summed E-state index contributed by atoms with van der Waals surface area (Å²) >= 11 is 0. The van der Waals surface area contributed by atoms with Gasteiger partial charge in [-0.15, -0.1) is 0 Å². The predicted octanol–water partition coefficient (Wildman–Crippen LogP) is 5.24. The molecule has 0 spiro atoms. The van der Waals surface area contributed by atoms with Crippen LogP contribution in [0.4, 0.5) is 29.1 Å². The normalized spacial score (nSPS) is 13.3. The largest absolute Gasteiger partial charge is 0.324 e. The van der Waals surface area contributed by atoms with Crippen molar-refractivity contribution in [1.82, 2.24) is 19.9 Å². The summed E-state index contributed by atoms with van der Waals surface area (Å²) in [6.45, 7) is 1.88. The van der Waals surface area contributed by atoms with Crippen LogP contribution in [0.1, 0.15) is 16.7 Å². The molecule has 0 bridgehead atoms. The Morgan fingerprint density at radius 2 is 1.87 bits per heavy atom. The monoisotopic (exact) mass is 524 g/mol. The molecule has 0 fully saturated rings. The molecule has 0 saturated heterocycles. The van der Waals surface area contributed by atoms with Crippen molar-refractivity contribution in [2.75, 3.05) is 36.7 Å². The fraction of sp³-hybridized carbons (Fsp3) is 0.214. The van der Waals surface area contributed by atoms with E-state index in [9.17, 15) is 9.47 Å². The van der Waals surface area contributed by atoms with Gasteiger partial charge in [0.1, 0.15) is 17.5 Å². The maximum atomic E-state index is 12.1. The summed E-state index contributed by atoms with van der Waals surface area (Å²) < 4.78 is 16.2. The molecule has 38 heavy (non-hydrogen) atoms. The summed E-state index contributed by atoms with van der Waals surface area (Å²) in [5.41, 5.74) is 6.13. The van der Waals surface area contributed by atoms with Crippen molar-refractivity contribution < 1.29 is 4.21 Å². The second kappa shape index (κ2) is 10.6. The molecule has 1 aliphatic heterocycles. The van der Waals surface area contributed by atoms with E-state index < -0.39 is 9.73 Å². The topological polar surface area (TPSA) is 119 Å². The minimum absolute atomic E-state index is 0.270. The van der Waals surface area contributed by atoms with Gasteiger partial charge >= 0.3 is 0 Å². The molecule has 2 aromatic carbocycles. The Kier molecular flexibility index (Phi) is 7.05. The van der Waals surface area contributed by atoms with E-state index >= 15 is 0 Å². The Labute approximate surface area is 222 Å². The summed E-state index contributed by atoms with van der Waals surface area (Å²) in [5, 5.41) is 16.0. The van der Waals surface area contributed by atoms with Gasteiger partial charge in [0.05, 0.1) is 6.20 Å². The van der Waals surface area contributed by atoms with Crippen molar-refractivity contribution in [3.05, 3.63) is 83.6 Å². The maximum Gasteiger partial charge on any atom is 0.229 e. The first-order valence-corrected chi connectivity index (χ1v) is 14.5. The molecule has 0 unspecified atom stereocenters. The number of aromatic nitrogens is 3. The summed E-state index contributed by atoms with van der Waals surface area (Å²) in [4.78, 5) is 15.6. The Bertz CT molecular complexity index is 1650. The zero-order valence-electron chi connectivity index (χ0n) is 21.5.